The molecule has 0 amide bonds. The predicted molar refractivity (Wildman–Crippen MR) is 79.7 cm³/mol. The topological polar surface area (TPSA) is 42.3 Å². The Bertz CT molecular complexity index is 362. The van der Waals surface area contributed by atoms with E-state index in [1.165, 1.54) is 0 Å². The van der Waals surface area contributed by atoms with Crippen LogP contribution in [0.1, 0.15) is 26.0 Å². The summed E-state index contributed by atoms with van der Waals surface area (Å²) in [7, 11) is 3.88. The van der Waals surface area contributed by atoms with Crippen molar-refractivity contribution in [1.82, 2.24) is 14.5 Å². The molecular formula is C14H28N4O. The van der Waals surface area contributed by atoms with E-state index in [2.05, 4.69) is 46.9 Å². The summed E-state index contributed by atoms with van der Waals surface area (Å²) in [6.07, 6.45) is 3.09. The second-order valence-electron chi connectivity index (χ2n) is 5.25. The third-order valence-electron chi connectivity index (χ3n) is 3.27. The van der Waals surface area contributed by atoms with Crippen molar-refractivity contribution in [2.24, 2.45) is 0 Å². The van der Waals surface area contributed by atoms with Crippen LogP contribution in [0.5, 0.6) is 0 Å². The van der Waals surface area contributed by atoms with E-state index in [1.54, 1.807) is 7.11 Å². The molecule has 0 unspecified atom stereocenters. The number of anilines is 1. The van der Waals surface area contributed by atoms with Gasteiger partial charge in [-0.2, -0.15) is 0 Å². The number of ether oxygens (including phenoxy) is 1. The maximum atomic E-state index is 5.09. The quantitative estimate of drug-likeness (QED) is 0.695. The van der Waals surface area contributed by atoms with E-state index in [9.17, 15) is 0 Å². The van der Waals surface area contributed by atoms with Gasteiger partial charge in [0.15, 0.2) is 0 Å². The number of likely N-dealkylation sites (N-methyl/N-ethyl adjacent to an activating group) is 1. The van der Waals surface area contributed by atoms with Gasteiger partial charge in [-0.1, -0.05) is 0 Å². The first kappa shape index (κ1) is 16.0. The van der Waals surface area contributed by atoms with E-state index in [0.29, 0.717) is 6.04 Å². The molecule has 1 aromatic heterocycles. The average molecular weight is 268 g/mol. The number of nitrogens with one attached hydrogen (secondary N) is 1. The molecule has 1 aromatic rings. The van der Waals surface area contributed by atoms with E-state index in [1.807, 2.05) is 6.92 Å². The highest BCUT2D eigenvalue weighted by atomic mass is 16.5. The summed E-state index contributed by atoms with van der Waals surface area (Å²) in [6, 6.07) is 0.574. The van der Waals surface area contributed by atoms with Gasteiger partial charge in [0.1, 0.15) is 0 Å². The van der Waals surface area contributed by atoms with Crippen molar-refractivity contribution in [3.8, 4) is 0 Å². The first-order valence-electron chi connectivity index (χ1n) is 7.01. The van der Waals surface area contributed by atoms with Crippen LogP contribution in [-0.2, 0) is 11.3 Å². The number of nitrogens with zero attached hydrogens (tertiary/aromatic N) is 3. The zero-order chi connectivity index (χ0) is 14.3. The van der Waals surface area contributed by atoms with Crippen molar-refractivity contribution in [3.05, 3.63) is 11.9 Å². The van der Waals surface area contributed by atoms with E-state index >= 15 is 0 Å². The van der Waals surface area contributed by atoms with Crippen molar-refractivity contribution in [1.29, 1.82) is 0 Å². The number of imidazole rings is 1. The lowest BCUT2D eigenvalue weighted by molar-refractivity contribution is 0.190. The van der Waals surface area contributed by atoms with Crippen LogP contribution in [0.15, 0.2) is 6.20 Å². The van der Waals surface area contributed by atoms with Gasteiger partial charge in [0.25, 0.3) is 0 Å². The van der Waals surface area contributed by atoms with Crippen LogP contribution in [-0.4, -0.2) is 54.3 Å². The van der Waals surface area contributed by atoms with Crippen molar-refractivity contribution < 1.29 is 4.74 Å². The molecule has 1 heterocycles. The van der Waals surface area contributed by atoms with Crippen LogP contribution in [0.2, 0.25) is 0 Å². The molecule has 0 atom stereocenters. The van der Waals surface area contributed by atoms with E-state index in [-0.39, 0.29) is 0 Å². The Balaban J connectivity index is 2.43. The molecule has 0 saturated carbocycles. The third kappa shape index (κ3) is 5.61. The Kier molecular flexibility index (Phi) is 6.87. The zero-order valence-electron chi connectivity index (χ0n) is 12.9. The molecule has 0 spiro atoms. The summed E-state index contributed by atoms with van der Waals surface area (Å²) >= 11 is 0. The fourth-order valence-electron chi connectivity index (χ4n) is 1.84. The zero-order valence-corrected chi connectivity index (χ0v) is 12.9. The van der Waals surface area contributed by atoms with Gasteiger partial charge >= 0.3 is 0 Å². The Labute approximate surface area is 117 Å². The minimum absolute atomic E-state index is 0.574. The van der Waals surface area contributed by atoms with Crippen LogP contribution in [0.3, 0.4) is 0 Å². The molecule has 5 nitrogen and oxygen atoms in total. The van der Waals surface area contributed by atoms with Crippen LogP contribution >= 0.6 is 0 Å². The fourth-order valence-corrected chi connectivity index (χ4v) is 1.84. The largest absolute Gasteiger partial charge is 0.385 e. The van der Waals surface area contributed by atoms with Gasteiger partial charge < -0.3 is 19.5 Å². The minimum atomic E-state index is 0.574. The molecule has 0 aliphatic heterocycles. The van der Waals surface area contributed by atoms with Gasteiger partial charge in [0.05, 0.1) is 5.69 Å². The second-order valence-corrected chi connectivity index (χ2v) is 5.25. The van der Waals surface area contributed by atoms with Crippen LogP contribution in [0, 0.1) is 6.92 Å². The molecule has 0 aliphatic rings. The van der Waals surface area contributed by atoms with Crippen molar-refractivity contribution >= 4 is 5.95 Å². The first-order valence-corrected chi connectivity index (χ1v) is 7.01. The second kappa shape index (κ2) is 8.17. The first-order chi connectivity index (χ1) is 9.04. The SMILES string of the molecule is COCCCn1cc(C)nc1NCCN(C)C(C)C. The monoisotopic (exact) mass is 268 g/mol. The molecule has 19 heavy (non-hydrogen) atoms. The van der Waals surface area contributed by atoms with Crippen molar-refractivity contribution in [2.45, 2.75) is 39.8 Å². The highest BCUT2D eigenvalue weighted by Crippen LogP contribution is 2.09. The molecule has 0 aromatic carbocycles. The van der Waals surface area contributed by atoms with Crippen molar-refractivity contribution in [2.75, 3.05) is 39.2 Å². The number of hydrogen-bond acceptors (Lipinski definition) is 4. The predicted octanol–water partition coefficient (Wildman–Crippen LogP) is 1.98. The highest BCUT2D eigenvalue weighted by Gasteiger charge is 2.06. The van der Waals surface area contributed by atoms with E-state index in [0.717, 1.165) is 44.3 Å². The van der Waals surface area contributed by atoms with Crippen LogP contribution in [0.4, 0.5) is 5.95 Å². The molecule has 1 N–H and O–H groups in total. The normalized spacial score (nSPS) is 11.5. The number of rotatable bonds is 9. The van der Waals surface area contributed by atoms with Crippen LogP contribution < -0.4 is 5.32 Å². The number of aryl methyl sites for hydroxylation is 2. The fraction of sp³-hybridized carbons (Fsp3) is 0.786. The van der Waals surface area contributed by atoms with Crippen LogP contribution in [0.25, 0.3) is 0 Å². The number of hydrogen-bond donors (Lipinski definition) is 1. The van der Waals surface area contributed by atoms with Gasteiger partial charge in [0, 0.05) is 45.6 Å². The van der Waals surface area contributed by atoms with E-state index < -0.39 is 0 Å². The molecule has 0 radical (unpaired) electrons. The number of aromatic nitrogens is 2. The summed E-state index contributed by atoms with van der Waals surface area (Å²) < 4.78 is 7.26. The smallest absolute Gasteiger partial charge is 0.203 e. The van der Waals surface area contributed by atoms with Gasteiger partial charge in [-0.25, -0.2) is 4.98 Å². The Hall–Kier alpha value is -1.07. The summed E-state index contributed by atoms with van der Waals surface area (Å²) in [4.78, 5) is 6.84. The summed E-state index contributed by atoms with van der Waals surface area (Å²) in [5.41, 5.74) is 1.05. The summed E-state index contributed by atoms with van der Waals surface area (Å²) in [5.74, 6) is 0.964. The Morgan fingerprint density at radius 2 is 2.21 bits per heavy atom. The lowest BCUT2D eigenvalue weighted by Gasteiger charge is -2.21. The molecular weight excluding hydrogens is 240 g/mol. The van der Waals surface area contributed by atoms with E-state index in [4.69, 9.17) is 4.74 Å². The summed E-state index contributed by atoms with van der Waals surface area (Å²) in [6.45, 7) is 10.1. The lowest BCUT2D eigenvalue weighted by atomic mass is 10.3. The standard InChI is InChI=1S/C14H28N4O/c1-12(2)17(4)9-7-15-14-16-13(3)11-18(14)8-6-10-19-5/h11-12H,6-10H2,1-5H3,(H,15,16). The van der Waals surface area contributed by atoms with Gasteiger partial charge in [-0.15, -0.1) is 0 Å². The lowest BCUT2D eigenvalue weighted by Crippen LogP contribution is -2.31. The van der Waals surface area contributed by atoms with Gasteiger partial charge in [-0.3, -0.25) is 0 Å². The average Bonchev–Trinajstić information content (AvgIpc) is 2.70. The minimum Gasteiger partial charge on any atom is -0.385 e. The maximum Gasteiger partial charge on any atom is 0.203 e. The Morgan fingerprint density at radius 1 is 1.47 bits per heavy atom. The third-order valence-corrected chi connectivity index (χ3v) is 3.27. The molecule has 0 saturated heterocycles. The number of methoxy groups -OCH3 is 1. The molecule has 0 bridgehead atoms. The molecule has 0 aliphatic carbocycles. The molecule has 5 heteroatoms. The Morgan fingerprint density at radius 3 is 2.84 bits per heavy atom. The van der Waals surface area contributed by atoms with Gasteiger partial charge in [-0.05, 0) is 34.2 Å². The summed E-state index contributed by atoms with van der Waals surface area (Å²) in [5, 5.41) is 3.42. The maximum absolute atomic E-state index is 5.09. The molecule has 110 valence electrons. The molecule has 1 rings (SSSR count). The van der Waals surface area contributed by atoms with Gasteiger partial charge in [0.2, 0.25) is 5.95 Å². The van der Waals surface area contributed by atoms with Crippen molar-refractivity contribution in [3.63, 3.8) is 0 Å². The molecule has 0 fully saturated rings. The highest BCUT2D eigenvalue weighted by molar-refractivity contribution is 5.28.